The van der Waals surface area contributed by atoms with Gasteiger partial charge in [0.25, 0.3) is 0 Å². The third kappa shape index (κ3) is 4.44. The number of nitrogens with zero attached hydrogens (tertiary/aromatic N) is 5. The number of hydrogen-bond donors (Lipinski definition) is 1. The normalized spacial score (nSPS) is 20.8. The fourth-order valence-corrected chi connectivity index (χ4v) is 5.16. The van der Waals surface area contributed by atoms with Crippen LogP contribution in [0.15, 0.2) is 24.5 Å². The molecule has 0 radical (unpaired) electrons. The second-order valence-corrected chi connectivity index (χ2v) is 9.22. The molecule has 2 aromatic rings. The van der Waals surface area contributed by atoms with Crippen molar-refractivity contribution in [3.8, 4) is 0 Å². The molecule has 1 aromatic carbocycles. The number of likely N-dealkylation sites (tertiary alicyclic amines) is 1. The molecule has 32 heavy (non-hydrogen) atoms. The minimum atomic E-state index is -0.362. The van der Waals surface area contributed by atoms with Gasteiger partial charge in [0.2, 0.25) is 0 Å². The highest BCUT2D eigenvalue weighted by molar-refractivity contribution is 6.30. The summed E-state index contributed by atoms with van der Waals surface area (Å²) in [5.74, 6) is 1.41. The van der Waals surface area contributed by atoms with E-state index in [-0.39, 0.29) is 22.7 Å². The Labute approximate surface area is 192 Å². The van der Waals surface area contributed by atoms with Crippen molar-refractivity contribution in [2.75, 3.05) is 62.6 Å². The third-order valence-electron chi connectivity index (χ3n) is 6.76. The van der Waals surface area contributed by atoms with Crippen molar-refractivity contribution in [1.82, 2.24) is 19.8 Å². The van der Waals surface area contributed by atoms with E-state index in [0.29, 0.717) is 13.0 Å². The van der Waals surface area contributed by atoms with E-state index in [1.165, 1.54) is 12.8 Å². The van der Waals surface area contributed by atoms with Gasteiger partial charge in [-0.3, -0.25) is 9.69 Å². The van der Waals surface area contributed by atoms with E-state index >= 15 is 0 Å². The molecule has 2 fully saturated rings. The van der Waals surface area contributed by atoms with Crippen LogP contribution in [0.5, 0.6) is 0 Å². The Morgan fingerprint density at radius 2 is 1.88 bits per heavy atom. The molecule has 170 valence electrons. The smallest absolute Gasteiger partial charge is 0.156 e. The van der Waals surface area contributed by atoms with Crippen LogP contribution in [0.1, 0.15) is 30.0 Å². The van der Waals surface area contributed by atoms with Gasteiger partial charge >= 0.3 is 0 Å². The predicted molar refractivity (Wildman–Crippen MR) is 123 cm³/mol. The van der Waals surface area contributed by atoms with E-state index in [1.807, 2.05) is 6.07 Å². The van der Waals surface area contributed by atoms with Crippen LogP contribution in [-0.4, -0.2) is 77.9 Å². The number of Topliss-reactive ketones (excluding diaryl/α,β-unsaturated/α-hetero) is 1. The van der Waals surface area contributed by atoms with Crippen molar-refractivity contribution in [3.05, 3.63) is 46.5 Å². The number of halogens is 2. The molecule has 7 nitrogen and oxygen atoms in total. The van der Waals surface area contributed by atoms with Gasteiger partial charge in [0, 0.05) is 50.7 Å². The molecule has 2 saturated heterocycles. The van der Waals surface area contributed by atoms with Gasteiger partial charge in [-0.15, -0.1) is 0 Å². The molecule has 4 heterocycles. The van der Waals surface area contributed by atoms with Gasteiger partial charge in [-0.2, -0.15) is 0 Å². The molecule has 1 aromatic heterocycles. The van der Waals surface area contributed by atoms with Crippen LogP contribution >= 0.6 is 11.6 Å². The summed E-state index contributed by atoms with van der Waals surface area (Å²) in [4.78, 5) is 28.0. The molecule has 1 unspecified atom stereocenters. The van der Waals surface area contributed by atoms with E-state index in [4.69, 9.17) is 11.6 Å². The van der Waals surface area contributed by atoms with E-state index in [9.17, 15) is 9.18 Å². The quantitative estimate of drug-likeness (QED) is 0.739. The molecular formula is C23H28ClFN6O. The van der Waals surface area contributed by atoms with Crippen LogP contribution in [0.4, 0.5) is 16.0 Å². The van der Waals surface area contributed by atoms with Gasteiger partial charge in [0.1, 0.15) is 23.8 Å². The first-order valence-electron chi connectivity index (χ1n) is 11.3. The number of anilines is 2. The zero-order chi connectivity index (χ0) is 22.1. The Balaban J connectivity index is 1.33. The fourth-order valence-electron chi connectivity index (χ4n) is 5.04. The number of nitrogens with one attached hydrogen (secondary N) is 1. The van der Waals surface area contributed by atoms with Crippen molar-refractivity contribution in [2.45, 2.75) is 25.3 Å². The number of carbonyl (C=O) groups is 1. The van der Waals surface area contributed by atoms with E-state index < -0.39 is 0 Å². The Bertz CT molecular complexity index is 990. The van der Waals surface area contributed by atoms with Gasteiger partial charge in [-0.05, 0) is 43.6 Å². The van der Waals surface area contributed by atoms with Crippen LogP contribution in [-0.2, 0) is 11.2 Å². The molecule has 1 N–H and O–H groups in total. The third-order valence-corrected chi connectivity index (χ3v) is 7.07. The maximum Gasteiger partial charge on any atom is 0.156 e. The standard InChI is InChI=1S/C23H28ClFN6O/c24-19-4-3-16(11-20(19)25)21(14-29-5-1-2-6-29)30-7-9-31(10-8-30)23-18-12-17(32)13-26-22(18)27-15-28-23/h3-4,11,15,21H,1-2,5-10,12-14H2,(H,26,27,28). The van der Waals surface area contributed by atoms with Gasteiger partial charge in [0.15, 0.2) is 5.78 Å². The molecule has 0 saturated carbocycles. The summed E-state index contributed by atoms with van der Waals surface area (Å²) in [6.45, 7) is 6.68. The topological polar surface area (TPSA) is 64.6 Å². The van der Waals surface area contributed by atoms with E-state index in [2.05, 4.69) is 30.0 Å². The number of rotatable bonds is 5. The van der Waals surface area contributed by atoms with Crippen LogP contribution in [0, 0.1) is 5.82 Å². The van der Waals surface area contributed by atoms with Crippen LogP contribution in [0.2, 0.25) is 5.02 Å². The molecular weight excluding hydrogens is 431 g/mol. The Morgan fingerprint density at radius 1 is 1.09 bits per heavy atom. The highest BCUT2D eigenvalue weighted by Crippen LogP contribution is 2.31. The van der Waals surface area contributed by atoms with Gasteiger partial charge in [0.05, 0.1) is 11.6 Å². The highest BCUT2D eigenvalue weighted by atomic mass is 35.5. The van der Waals surface area contributed by atoms with Gasteiger partial charge < -0.3 is 15.1 Å². The molecule has 0 bridgehead atoms. The van der Waals surface area contributed by atoms with E-state index in [0.717, 1.165) is 68.6 Å². The second kappa shape index (κ2) is 9.29. The zero-order valence-electron chi connectivity index (χ0n) is 18.1. The monoisotopic (exact) mass is 458 g/mol. The Kier molecular flexibility index (Phi) is 6.26. The number of piperazine rings is 1. The summed E-state index contributed by atoms with van der Waals surface area (Å²) in [6.07, 6.45) is 4.39. The number of hydrogen-bond acceptors (Lipinski definition) is 7. The maximum atomic E-state index is 14.3. The highest BCUT2D eigenvalue weighted by Gasteiger charge is 2.30. The average molecular weight is 459 g/mol. The molecule has 3 aliphatic rings. The van der Waals surface area contributed by atoms with Gasteiger partial charge in [-0.1, -0.05) is 17.7 Å². The number of fused-ring (bicyclic) bond motifs is 1. The summed E-state index contributed by atoms with van der Waals surface area (Å²) in [6, 6.07) is 5.32. The van der Waals surface area contributed by atoms with Crippen molar-refractivity contribution in [3.63, 3.8) is 0 Å². The summed E-state index contributed by atoms with van der Waals surface area (Å²) < 4.78 is 14.3. The molecule has 0 aliphatic carbocycles. The maximum absolute atomic E-state index is 14.3. The number of benzene rings is 1. The average Bonchev–Trinajstić information content (AvgIpc) is 3.32. The lowest BCUT2D eigenvalue weighted by molar-refractivity contribution is -0.117. The molecule has 0 spiro atoms. The minimum absolute atomic E-state index is 0.115. The summed E-state index contributed by atoms with van der Waals surface area (Å²) in [5.41, 5.74) is 1.87. The van der Waals surface area contributed by atoms with Gasteiger partial charge in [-0.25, -0.2) is 14.4 Å². The van der Waals surface area contributed by atoms with E-state index in [1.54, 1.807) is 18.5 Å². The lowest BCUT2D eigenvalue weighted by atomic mass is 10.0. The minimum Gasteiger partial charge on any atom is -0.363 e. The molecule has 5 rings (SSSR count). The van der Waals surface area contributed by atoms with Crippen molar-refractivity contribution in [2.24, 2.45) is 0 Å². The largest absolute Gasteiger partial charge is 0.363 e. The second-order valence-electron chi connectivity index (χ2n) is 8.81. The van der Waals surface area contributed by atoms with Crippen LogP contribution in [0.25, 0.3) is 0 Å². The number of ketones is 1. The summed E-state index contributed by atoms with van der Waals surface area (Å²) in [7, 11) is 0. The summed E-state index contributed by atoms with van der Waals surface area (Å²) in [5, 5.41) is 3.26. The molecule has 0 amide bonds. The first-order chi connectivity index (χ1) is 15.6. The van der Waals surface area contributed by atoms with Crippen LogP contribution < -0.4 is 10.2 Å². The van der Waals surface area contributed by atoms with Crippen molar-refractivity contribution < 1.29 is 9.18 Å². The first-order valence-corrected chi connectivity index (χ1v) is 11.7. The SMILES string of the molecule is O=C1CNc2ncnc(N3CCN(C(CN4CCCC4)c4ccc(Cl)c(F)c4)CC3)c2C1. The molecule has 9 heteroatoms. The number of carbonyl (C=O) groups excluding carboxylic acids is 1. The first kappa shape index (κ1) is 21.6. The Morgan fingerprint density at radius 3 is 2.62 bits per heavy atom. The predicted octanol–water partition coefficient (Wildman–Crippen LogP) is 2.77. The molecule has 3 aliphatic heterocycles. The lowest BCUT2D eigenvalue weighted by Crippen LogP contribution is -2.50. The molecule has 1 atom stereocenters. The van der Waals surface area contributed by atoms with Crippen molar-refractivity contribution in [1.29, 1.82) is 0 Å². The lowest BCUT2D eigenvalue weighted by Gasteiger charge is -2.41. The van der Waals surface area contributed by atoms with Crippen molar-refractivity contribution >= 4 is 29.0 Å². The number of aromatic nitrogens is 2. The zero-order valence-corrected chi connectivity index (χ0v) is 18.8. The Hall–Kier alpha value is -2.29. The summed E-state index contributed by atoms with van der Waals surface area (Å²) >= 11 is 5.95. The van der Waals surface area contributed by atoms with Crippen LogP contribution in [0.3, 0.4) is 0 Å². The fraction of sp³-hybridized carbons (Fsp3) is 0.522.